The number of aliphatic carboxylic acids is 1. The summed E-state index contributed by atoms with van der Waals surface area (Å²) in [7, 11) is 1.87. The van der Waals surface area contributed by atoms with Crippen molar-refractivity contribution in [1.82, 2.24) is 10.2 Å². The monoisotopic (exact) mass is 296 g/mol. The van der Waals surface area contributed by atoms with E-state index in [9.17, 15) is 9.59 Å². The Labute approximate surface area is 122 Å². The smallest absolute Gasteiger partial charge is 0.328 e. The van der Waals surface area contributed by atoms with Crippen LogP contribution in [0.1, 0.15) is 24.3 Å². The van der Waals surface area contributed by atoms with Crippen LogP contribution in [-0.2, 0) is 16.1 Å². The minimum atomic E-state index is -0.966. The number of amides is 1. The minimum Gasteiger partial charge on any atom is -0.478 e. The lowest BCUT2D eigenvalue weighted by atomic mass is 10.2. The molecule has 0 aliphatic heterocycles. The van der Waals surface area contributed by atoms with E-state index in [0.717, 1.165) is 16.5 Å². The Morgan fingerprint density at radius 2 is 2.20 bits per heavy atom. The van der Waals surface area contributed by atoms with Crippen LogP contribution < -0.4 is 5.32 Å². The Morgan fingerprint density at radius 3 is 2.80 bits per heavy atom. The van der Waals surface area contributed by atoms with Crippen LogP contribution in [0.5, 0.6) is 0 Å². The van der Waals surface area contributed by atoms with E-state index in [1.807, 2.05) is 37.2 Å². The van der Waals surface area contributed by atoms with Gasteiger partial charge in [0, 0.05) is 23.5 Å². The van der Waals surface area contributed by atoms with Crippen molar-refractivity contribution in [2.75, 3.05) is 13.6 Å². The molecule has 1 aromatic rings. The van der Waals surface area contributed by atoms with Crippen LogP contribution in [0.4, 0.5) is 0 Å². The highest BCUT2D eigenvalue weighted by atomic mass is 32.1. The summed E-state index contributed by atoms with van der Waals surface area (Å²) in [6, 6.07) is 2.01. The Kier molecular flexibility index (Phi) is 6.41. The van der Waals surface area contributed by atoms with Crippen molar-refractivity contribution in [3.63, 3.8) is 0 Å². The van der Waals surface area contributed by atoms with Crippen molar-refractivity contribution in [3.05, 3.63) is 28.0 Å². The number of nitrogens with zero attached hydrogens (tertiary/aromatic N) is 1. The molecule has 0 unspecified atom stereocenters. The van der Waals surface area contributed by atoms with Gasteiger partial charge in [-0.15, -0.1) is 11.3 Å². The van der Waals surface area contributed by atoms with Gasteiger partial charge in [-0.05, 0) is 44.0 Å². The first-order chi connectivity index (χ1) is 9.38. The lowest BCUT2D eigenvalue weighted by Gasteiger charge is -2.17. The summed E-state index contributed by atoms with van der Waals surface area (Å²) < 4.78 is 0. The Hall–Kier alpha value is -1.66. The highest BCUT2D eigenvalue weighted by Gasteiger charge is 2.10. The molecule has 1 rings (SSSR count). The first-order valence-corrected chi connectivity index (χ1v) is 7.21. The van der Waals surface area contributed by atoms with E-state index in [1.54, 1.807) is 17.4 Å². The van der Waals surface area contributed by atoms with Gasteiger partial charge in [0.1, 0.15) is 0 Å². The van der Waals surface area contributed by atoms with E-state index in [2.05, 4.69) is 5.32 Å². The number of carbonyl (C=O) groups excluding carboxylic acids is 1. The number of carboxylic acid groups (broad SMARTS) is 1. The van der Waals surface area contributed by atoms with Gasteiger partial charge in [0.05, 0.1) is 6.54 Å². The fourth-order valence-electron chi connectivity index (χ4n) is 1.70. The zero-order chi connectivity index (χ0) is 15.1. The second-order valence-electron chi connectivity index (χ2n) is 4.87. The normalized spacial score (nSPS) is 11.4. The number of hydrogen-bond donors (Lipinski definition) is 2. The third-order valence-electron chi connectivity index (χ3n) is 2.46. The summed E-state index contributed by atoms with van der Waals surface area (Å²) in [5.41, 5.74) is 0.883. The van der Waals surface area contributed by atoms with Gasteiger partial charge in [-0.1, -0.05) is 0 Å². The van der Waals surface area contributed by atoms with Crippen LogP contribution in [0.25, 0.3) is 6.08 Å². The van der Waals surface area contributed by atoms with Gasteiger partial charge >= 0.3 is 5.97 Å². The van der Waals surface area contributed by atoms with Crippen molar-refractivity contribution in [1.29, 1.82) is 0 Å². The van der Waals surface area contributed by atoms with Gasteiger partial charge in [-0.3, -0.25) is 9.69 Å². The molecule has 0 radical (unpaired) electrons. The molecule has 1 amide bonds. The predicted octanol–water partition coefficient (Wildman–Crippen LogP) is 1.80. The van der Waals surface area contributed by atoms with Crippen LogP contribution in [0.3, 0.4) is 0 Å². The number of hydrogen-bond acceptors (Lipinski definition) is 4. The lowest BCUT2D eigenvalue weighted by molar-refractivity contribution is -0.131. The summed E-state index contributed by atoms with van der Waals surface area (Å²) in [6.07, 6.45) is 2.70. The second kappa shape index (κ2) is 7.81. The summed E-state index contributed by atoms with van der Waals surface area (Å²) in [6.45, 7) is 4.78. The van der Waals surface area contributed by atoms with Crippen LogP contribution >= 0.6 is 11.3 Å². The van der Waals surface area contributed by atoms with Crippen molar-refractivity contribution in [3.8, 4) is 0 Å². The molecule has 1 heterocycles. The average Bonchev–Trinajstić information content (AvgIpc) is 2.72. The zero-order valence-corrected chi connectivity index (χ0v) is 12.7. The fraction of sp³-hybridized carbons (Fsp3) is 0.429. The molecule has 0 atom stereocenters. The topological polar surface area (TPSA) is 69.6 Å². The molecule has 1 aromatic heterocycles. The molecule has 0 aliphatic carbocycles. The van der Waals surface area contributed by atoms with E-state index in [0.29, 0.717) is 13.1 Å². The second-order valence-corrected chi connectivity index (χ2v) is 5.87. The molecular formula is C14H20N2O3S. The van der Waals surface area contributed by atoms with Crippen LogP contribution in [0.15, 0.2) is 17.5 Å². The average molecular weight is 296 g/mol. The van der Waals surface area contributed by atoms with Gasteiger partial charge in [-0.2, -0.15) is 0 Å². The first-order valence-electron chi connectivity index (χ1n) is 6.33. The Morgan fingerprint density at radius 1 is 1.50 bits per heavy atom. The van der Waals surface area contributed by atoms with Crippen LogP contribution in [0.2, 0.25) is 0 Å². The van der Waals surface area contributed by atoms with Gasteiger partial charge in [0.25, 0.3) is 0 Å². The highest BCUT2D eigenvalue weighted by molar-refractivity contribution is 7.10. The number of nitrogens with one attached hydrogen (secondary N) is 1. The minimum absolute atomic E-state index is 0.0123. The number of rotatable bonds is 7. The van der Waals surface area contributed by atoms with E-state index >= 15 is 0 Å². The lowest BCUT2D eigenvalue weighted by Crippen LogP contribution is -2.38. The molecule has 0 fully saturated rings. The number of thiophene rings is 1. The first kappa shape index (κ1) is 16.4. The van der Waals surface area contributed by atoms with Crippen LogP contribution in [0, 0.1) is 0 Å². The molecule has 2 N–H and O–H groups in total. The molecule has 0 spiro atoms. The fourth-order valence-corrected chi connectivity index (χ4v) is 2.65. The third kappa shape index (κ3) is 5.99. The van der Waals surface area contributed by atoms with E-state index in [1.165, 1.54) is 0 Å². The zero-order valence-electron chi connectivity index (χ0n) is 11.9. The van der Waals surface area contributed by atoms with E-state index in [-0.39, 0.29) is 11.9 Å². The van der Waals surface area contributed by atoms with Gasteiger partial charge in [0.15, 0.2) is 0 Å². The molecular weight excluding hydrogens is 276 g/mol. The molecule has 6 heteroatoms. The maximum absolute atomic E-state index is 11.7. The number of carboxylic acids is 1. The number of likely N-dealkylation sites (N-methyl/N-ethyl adjacent to an activating group) is 1. The summed E-state index contributed by atoms with van der Waals surface area (Å²) in [4.78, 5) is 25.1. The molecule has 5 nitrogen and oxygen atoms in total. The van der Waals surface area contributed by atoms with Crippen LogP contribution in [-0.4, -0.2) is 41.5 Å². The van der Waals surface area contributed by atoms with E-state index in [4.69, 9.17) is 5.11 Å². The summed E-state index contributed by atoms with van der Waals surface area (Å²) in [5.74, 6) is -0.978. The van der Waals surface area contributed by atoms with Gasteiger partial charge in [0.2, 0.25) is 5.91 Å². The van der Waals surface area contributed by atoms with E-state index < -0.39 is 5.97 Å². The Balaban J connectivity index is 2.58. The SMILES string of the molecule is CC(C)NC(=O)CN(C)Cc1sccc1C=CC(=O)O. The molecule has 0 saturated carbocycles. The molecule has 110 valence electrons. The van der Waals surface area contributed by atoms with Gasteiger partial charge < -0.3 is 10.4 Å². The quantitative estimate of drug-likeness (QED) is 0.753. The van der Waals surface area contributed by atoms with Crippen molar-refractivity contribution in [2.45, 2.75) is 26.4 Å². The maximum Gasteiger partial charge on any atom is 0.328 e. The molecule has 0 saturated heterocycles. The summed E-state index contributed by atoms with van der Waals surface area (Å²) in [5, 5.41) is 13.4. The standard InChI is InChI=1S/C14H20N2O3S/c1-10(2)15-13(17)9-16(3)8-12-11(6-7-20-12)4-5-14(18)19/h4-7,10H,8-9H2,1-3H3,(H,15,17)(H,18,19). The number of carbonyl (C=O) groups is 2. The molecule has 0 bridgehead atoms. The largest absolute Gasteiger partial charge is 0.478 e. The van der Waals surface area contributed by atoms with Crippen molar-refractivity contribution >= 4 is 29.3 Å². The molecule has 0 aliphatic rings. The van der Waals surface area contributed by atoms with Gasteiger partial charge in [-0.25, -0.2) is 4.79 Å². The van der Waals surface area contributed by atoms with Crippen molar-refractivity contribution in [2.24, 2.45) is 0 Å². The summed E-state index contributed by atoms with van der Waals surface area (Å²) >= 11 is 1.55. The molecule has 0 aromatic carbocycles. The third-order valence-corrected chi connectivity index (χ3v) is 3.38. The molecule has 20 heavy (non-hydrogen) atoms. The highest BCUT2D eigenvalue weighted by Crippen LogP contribution is 2.19. The maximum atomic E-state index is 11.7. The van der Waals surface area contributed by atoms with Crippen molar-refractivity contribution < 1.29 is 14.7 Å². The predicted molar refractivity (Wildman–Crippen MR) is 80.6 cm³/mol. The Bertz CT molecular complexity index is 494.